The highest BCUT2D eigenvalue weighted by atomic mass is 79.9. The predicted molar refractivity (Wildman–Crippen MR) is 89.6 cm³/mol. The lowest BCUT2D eigenvalue weighted by Crippen LogP contribution is -2.28. The Morgan fingerprint density at radius 3 is 2.32 bits per heavy atom. The molecule has 0 aliphatic carbocycles. The van der Waals surface area contributed by atoms with Crippen LogP contribution in [0, 0.1) is 0 Å². The molecule has 0 saturated heterocycles. The molecule has 0 spiro atoms. The number of nitrogens with one attached hydrogen (secondary N) is 1. The second-order valence-electron chi connectivity index (χ2n) is 4.98. The smallest absolute Gasteiger partial charge is 0.253 e. The molecule has 4 nitrogen and oxygen atoms in total. The zero-order valence-electron chi connectivity index (χ0n) is 12.2. The highest BCUT2D eigenvalue weighted by molar-refractivity contribution is 9.10. The van der Waals surface area contributed by atoms with Gasteiger partial charge in [-0.05, 0) is 30.7 Å². The largest absolute Gasteiger partial charge is 0.345 e. The summed E-state index contributed by atoms with van der Waals surface area (Å²) in [6.07, 6.45) is 1.09. The standard InChI is InChI=1S/C16H16BrNO3S/c1-11(12-7-3-5-9-14(12)17)18-16(19)13-8-4-6-10-15(13)22(2,20)21/h3-11H,1-2H3,(H,18,19). The molecule has 22 heavy (non-hydrogen) atoms. The summed E-state index contributed by atoms with van der Waals surface area (Å²) in [5.74, 6) is -0.413. The maximum absolute atomic E-state index is 12.4. The third kappa shape index (κ3) is 3.75. The summed E-state index contributed by atoms with van der Waals surface area (Å²) in [7, 11) is -3.46. The Morgan fingerprint density at radius 2 is 1.68 bits per heavy atom. The van der Waals surface area contributed by atoms with E-state index in [4.69, 9.17) is 0 Å². The van der Waals surface area contributed by atoms with Crippen LogP contribution in [0.2, 0.25) is 0 Å². The first kappa shape index (κ1) is 16.7. The molecule has 2 rings (SSSR count). The van der Waals surface area contributed by atoms with E-state index in [-0.39, 0.29) is 16.5 Å². The van der Waals surface area contributed by atoms with E-state index in [0.29, 0.717) is 0 Å². The maximum atomic E-state index is 12.4. The molecule has 0 radical (unpaired) electrons. The Hall–Kier alpha value is -1.66. The van der Waals surface area contributed by atoms with Crippen molar-refractivity contribution in [2.24, 2.45) is 0 Å². The molecule has 0 aliphatic heterocycles. The van der Waals surface area contributed by atoms with Crippen molar-refractivity contribution in [3.8, 4) is 0 Å². The van der Waals surface area contributed by atoms with Crippen LogP contribution in [-0.4, -0.2) is 20.6 Å². The van der Waals surface area contributed by atoms with Gasteiger partial charge >= 0.3 is 0 Å². The Labute approximate surface area is 138 Å². The van der Waals surface area contributed by atoms with E-state index in [9.17, 15) is 13.2 Å². The molecule has 1 unspecified atom stereocenters. The third-order valence-corrected chi connectivity index (χ3v) is 5.13. The summed E-state index contributed by atoms with van der Waals surface area (Å²) in [6, 6.07) is 13.5. The van der Waals surface area contributed by atoms with Crippen molar-refractivity contribution in [3.63, 3.8) is 0 Å². The van der Waals surface area contributed by atoms with Crippen LogP contribution in [0.4, 0.5) is 0 Å². The van der Waals surface area contributed by atoms with Crippen molar-refractivity contribution >= 4 is 31.7 Å². The molecular formula is C16H16BrNO3S. The summed E-state index contributed by atoms with van der Waals surface area (Å²) in [6.45, 7) is 1.85. The number of rotatable bonds is 4. The summed E-state index contributed by atoms with van der Waals surface area (Å²) < 4.78 is 24.4. The van der Waals surface area contributed by atoms with Crippen LogP contribution >= 0.6 is 15.9 Å². The van der Waals surface area contributed by atoms with Crippen LogP contribution < -0.4 is 5.32 Å². The fourth-order valence-corrected chi connectivity index (χ4v) is 3.67. The van der Waals surface area contributed by atoms with Crippen molar-refractivity contribution in [3.05, 3.63) is 64.1 Å². The maximum Gasteiger partial charge on any atom is 0.253 e. The molecule has 6 heteroatoms. The highest BCUT2D eigenvalue weighted by Gasteiger charge is 2.20. The molecule has 0 heterocycles. The lowest BCUT2D eigenvalue weighted by atomic mass is 10.1. The molecule has 1 amide bonds. The van der Waals surface area contributed by atoms with E-state index in [2.05, 4.69) is 21.2 Å². The quantitative estimate of drug-likeness (QED) is 0.882. The minimum Gasteiger partial charge on any atom is -0.345 e. The van der Waals surface area contributed by atoms with Crippen molar-refractivity contribution < 1.29 is 13.2 Å². The number of hydrogen-bond donors (Lipinski definition) is 1. The van der Waals surface area contributed by atoms with E-state index in [1.54, 1.807) is 12.1 Å². The van der Waals surface area contributed by atoms with E-state index >= 15 is 0 Å². The van der Waals surface area contributed by atoms with Crippen molar-refractivity contribution in [1.82, 2.24) is 5.32 Å². The molecule has 0 fully saturated rings. The normalized spacial score (nSPS) is 12.7. The van der Waals surface area contributed by atoms with Gasteiger partial charge in [-0.15, -0.1) is 0 Å². The molecule has 2 aromatic carbocycles. The van der Waals surface area contributed by atoms with Crippen molar-refractivity contribution in [2.75, 3.05) is 6.26 Å². The monoisotopic (exact) mass is 381 g/mol. The van der Waals surface area contributed by atoms with Gasteiger partial charge in [-0.2, -0.15) is 0 Å². The van der Waals surface area contributed by atoms with Gasteiger partial charge in [0.2, 0.25) is 0 Å². The first-order chi connectivity index (χ1) is 10.3. The predicted octanol–water partition coefficient (Wildman–Crippen LogP) is 3.34. The van der Waals surface area contributed by atoms with E-state index in [1.807, 2.05) is 31.2 Å². The summed E-state index contributed by atoms with van der Waals surface area (Å²) in [5.41, 5.74) is 1.08. The fraction of sp³-hybridized carbons (Fsp3) is 0.188. The summed E-state index contributed by atoms with van der Waals surface area (Å²) in [5, 5.41) is 2.83. The highest BCUT2D eigenvalue weighted by Crippen LogP contribution is 2.23. The van der Waals surface area contributed by atoms with E-state index in [1.165, 1.54) is 12.1 Å². The molecule has 0 bridgehead atoms. The molecular weight excluding hydrogens is 366 g/mol. The SMILES string of the molecule is CC(NC(=O)c1ccccc1S(C)(=O)=O)c1ccccc1Br. The second-order valence-corrected chi connectivity index (χ2v) is 7.82. The van der Waals surface area contributed by atoms with Gasteiger partial charge in [-0.25, -0.2) is 8.42 Å². The van der Waals surface area contributed by atoms with Crippen LogP contribution in [0.25, 0.3) is 0 Å². The van der Waals surface area contributed by atoms with Gasteiger partial charge in [0.1, 0.15) is 0 Å². The van der Waals surface area contributed by atoms with Crippen molar-refractivity contribution in [1.29, 1.82) is 0 Å². The third-order valence-electron chi connectivity index (χ3n) is 3.25. The number of hydrogen-bond acceptors (Lipinski definition) is 3. The van der Waals surface area contributed by atoms with E-state index < -0.39 is 15.7 Å². The van der Waals surface area contributed by atoms with E-state index in [0.717, 1.165) is 16.3 Å². The number of carbonyl (C=O) groups excluding carboxylic acids is 1. The molecule has 2 aromatic rings. The lowest BCUT2D eigenvalue weighted by Gasteiger charge is -2.17. The second kappa shape index (κ2) is 6.62. The molecule has 0 aliphatic rings. The molecule has 1 N–H and O–H groups in total. The Bertz CT molecular complexity index is 803. The lowest BCUT2D eigenvalue weighted by molar-refractivity contribution is 0.0936. The number of benzene rings is 2. The minimum atomic E-state index is -3.46. The molecule has 0 saturated carbocycles. The van der Waals surface area contributed by atoms with Crippen LogP contribution in [0.5, 0.6) is 0 Å². The zero-order chi connectivity index (χ0) is 16.3. The summed E-state index contributed by atoms with van der Waals surface area (Å²) >= 11 is 3.44. The van der Waals surface area contributed by atoms with Crippen LogP contribution in [0.3, 0.4) is 0 Å². The van der Waals surface area contributed by atoms with Crippen LogP contribution in [-0.2, 0) is 9.84 Å². The van der Waals surface area contributed by atoms with Gasteiger partial charge in [-0.1, -0.05) is 46.3 Å². The Balaban J connectivity index is 2.29. The molecule has 1 atom stereocenters. The van der Waals surface area contributed by atoms with Crippen molar-refractivity contribution in [2.45, 2.75) is 17.9 Å². The van der Waals surface area contributed by atoms with Crippen LogP contribution in [0.1, 0.15) is 28.9 Å². The van der Waals surface area contributed by atoms with Gasteiger partial charge in [0.15, 0.2) is 9.84 Å². The topological polar surface area (TPSA) is 63.2 Å². The number of amides is 1. The first-order valence-corrected chi connectivity index (χ1v) is 9.33. The van der Waals surface area contributed by atoms with Gasteiger partial charge in [0.05, 0.1) is 16.5 Å². The summed E-state index contributed by atoms with van der Waals surface area (Å²) in [4.78, 5) is 12.5. The minimum absolute atomic E-state index is 0.0341. The van der Waals surface area contributed by atoms with Gasteiger partial charge < -0.3 is 5.32 Å². The molecule has 116 valence electrons. The Kier molecular flexibility index (Phi) is 5.03. The number of carbonyl (C=O) groups is 1. The Morgan fingerprint density at radius 1 is 1.09 bits per heavy atom. The van der Waals surface area contributed by atoms with Gasteiger partial charge in [0, 0.05) is 10.7 Å². The first-order valence-electron chi connectivity index (χ1n) is 6.65. The van der Waals surface area contributed by atoms with Gasteiger partial charge in [-0.3, -0.25) is 4.79 Å². The average molecular weight is 382 g/mol. The number of halogens is 1. The average Bonchev–Trinajstić information content (AvgIpc) is 2.46. The fourth-order valence-electron chi connectivity index (χ4n) is 2.16. The zero-order valence-corrected chi connectivity index (χ0v) is 14.6. The van der Waals surface area contributed by atoms with Gasteiger partial charge in [0.25, 0.3) is 5.91 Å². The molecule has 0 aromatic heterocycles. The van der Waals surface area contributed by atoms with Crippen LogP contribution in [0.15, 0.2) is 57.9 Å². The number of sulfone groups is 1.